The average molecular weight is 212 g/mol. The van der Waals surface area contributed by atoms with Gasteiger partial charge in [-0.3, -0.25) is 9.59 Å². The van der Waals surface area contributed by atoms with Crippen LogP contribution in [0.5, 0.6) is 0 Å². The average Bonchev–Trinajstić information content (AvgIpc) is 2.90. The molecule has 2 nitrogen and oxygen atoms in total. The number of hydrogen-bond donors (Lipinski definition) is 0. The normalized spacial score (nSPS) is 85.8. The molecule has 4 bridgehead atoms. The zero-order chi connectivity index (χ0) is 10.1. The molecule has 2 heteroatoms. The highest BCUT2D eigenvalue weighted by Gasteiger charge is 2.93. The summed E-state index contributed by atoms with van der Waals surface area (Å²) in [5, 5.41) is 0. The summed E-state index contributed by atoms with van der Waals surface area (Å²) >= 11 is 0. The second kappa shape index (κ2) is 1.49. The quantitative estimate of drug-likeness (QED) is 0.589. The Balaban J connectivity index is 1.73. The lowest BCUT2D eigenvalue weighted by Crippen LogP contribution is -2.21. The van der Waals surface area contributed by atoms with Crippen LogP contribution in [0, 0.1) is 71.0 Å². The van der Waals surface area contributed by atoms with E-state index in [1.54, 1.807) is 0 Å². The van der Waals surface area contributed by atoms with Gasteiger partial charge in [0, 0.05) is 23.7 Å². The molecule has 80 valence electrons. The van der Waals surface area contributed by atoms with Gasteiger partial charge in [0.1, 0.15) is 11.6 Å². The van der Waals surface area contributed by atoms with Gasteiger partial charge < -0.3 is 0 Å². The van der Waals surface area contributed by atoms with Crippen molar-refractivity contribution in [1.82, 2.24) is 0 Å². The molecule has 16 heavy (non-hydrogen) atoms. The Labute approximate surface area is 92.8 Å². The van der Waals surface area contributed by atoms with Crippen molar-refractivity contribution in [2.45, 2.75) is 0 Å². The molecule has 0 aliphatic heterocycles. The van der Waals surface area contributed by atoms with Gasteiger partial charge in [-0.25, -0.2) is 0 Å². The molecule has 0 aromatic carbocycles. The molecule has 0 unspecified atom stereocenters. The highest BCUT2D eigenvalue weighted by molar-refractivity contribution is 5.99. The molecule has 8 aliphatic carbocycles. The van der Waals surface area contributed by atoms with Crippen molar-refractivity contribution in [3.05, 3.63) is 0 Å². The van der Waals surface area contributed by atoms with Gasteiger partial charge >= 0.3 is 0 Å². The predicted octanol–water partition coefficient (Wildman–Crippen LogP) is 0.614. The van der Waals surface area contributed by atoms with Gasteiger partial charge in [-0.05, 0) is 47.3 Å². The summed E-state index contributed by atoms with van der Waals surface area (Å²) < 4.78 is 0. The van der Waals surface area contributed by atoms with E-state index in [2.05, 4.69) is 0 Å². The molecule has 0 aromatic heterocycles. The summed E-state index contributed by atoms with van der Waals surface area (Å²) in [6, 6.07) is 0. The topological polar surface area (TPSA) is 34.1 Å². The fourth-order valence-electron chi connectivity index (χ4n) is 8.87. The van der Waals surface area contributed by atoms with Gasteiger partial charge in [0.05, 0.1) is 0 Å². The van der Waals surface area contributed by atoms with E-state index in [-0.39, 0.29) is 0 Å². The first kappa shape index (κ1) is 6.93. The maximum absolute atomic E-state index is 12.3. The molecule has 0 aromatic rings. The molecule has 0 radical (unpaired) electrons. The first-order valence-electron chi connectivity index (χ1n) is 6.90. The van der Waals surface area contributed by atoms with E-state index >= 15 is 0 Å². The zero-order valence-corrected chi connectivity index (χ0v) is 8.74. The second-order valence-corrected chi connectivity index (χ2v) is 7.53. The Morgan fingerprint density at radius 1 is 0.438 bits per heavy atom. The van der Waals surface area contributed by atoms with E-state index in [0.717, 1.165) is 0 Å². The van der Waals surface area contributed by atoms with Crippen molar-refractivity contribution < 1.29 is 9.59 Å². The van der Waals surface area contributed by atoms with Crippen molar-refractivity contribution >= 4 is 11.6 Å². The number of rotatable bonds is 0. The lowest BCUT2D eigenvalue weighted by Gasteiger charge is -2.22. The summed E-state index contributed by atoms with van der Waals surface area (Å²) in [4.78, 5) is 24.7. The Bertz CT molecular complexity index is 397. The minimum atomic E-state index is 0.450. The van der Waals surface area contributed by atoms with Gasteiger partial charge in [-0.1, -0.05) is 0 Å². The minimum Gasteiger partial charge on any atom is -0.299 e. The highest BCUT2D eigenvalue weighted by Crippen LogP contribution is 2.91. The molecule has 0 N–H and O–H groups in total. The van der Waals surface area contributed by atoms with Crippen LogP contribution in [0.3, 0.4) is 0 Å². The summed E-state index contributed by atoms with van der Waals surface area (Å²) in [7, 11) is 0. The van der Waals surface area contributed by atoms with Crippen LogP contribution >= 0.6 is 0 Å². The van der Waals surface area contributed by atoms with Crippen LogP contribution in [0.25, 0.3) is 0 Å². The van der Waals surface area contributed by atoms with E-state index in [0.29, 0.717) is 82.6 Å². The summed E-state index contributed by atoms with van der Waals surface area (Å²) in [6.45, 7) is 0. The van der Waals surface area contributed by atoms with Gasteiger partial charge in [0.25, 0.3) is 0 Å². The lowest BCUT2D eigenvalue weighted by atomic mass is 9.80. The van der Waals surface area contributed by atoms with Crippen LogP contribution < -0.4 is 0 Å². The van der Waals surface area contributed by atoms with Gasteiger partial charge in [-0.15, -0.1) is 0 Å². The van der Waals surface area contributed by atoms with Crippen molar-refractivity contribution in [2.24, 2.45) is 71.0 Å². The number of carbonyl (C=O) groups excluding carboxylic acids is 2. The summed E-state index contributed by atoms with van der Waals surface area (Å²) in [5.74, 6) is 8.65. The zero-order valence-electron chi connectivity index (χ0n) is 8.74. The van der Waals surface area contributed by atoms with E-state index in [4.69, 9.17) is 0 Å². The second-order valence-electron chi connectivity index (χ2n) is 7.53. The molecular formula is C14H12O2. The summed E-state index contributed by atoms with van der Waals surface area (Å²) in [5.41, 5.74) is 0. The molecule has 0 atom stereocenters. The van der Waals surface area contributed by atoms with Crippen molar-refractivity contribution in [1.29, 1.82) is 0 Å². The standard InChI is InChI=1S/C14H12O2/c15-13-9-1-2-4-6(9)8-7-5(3(1)11(8)13)10(2)14(16)12(4)7/h1-12H. The largest absolute Gasteiger partial charge is 0.299 e. The molecular weight excluding hydrogens is 200 g/mol. The lowest BCUT2D eigenvalue weighted by molar-refractivity contribution is -0.125. The predicted molar refractivity (Wildman–Crippen MR) is 51.9 cm³/mol. The van der Waals surface area contributed by atoms with E-state index in [9.17, 15) is 9.59 Å². The Kier molecular flexibility index (Phi) is 0.646. The van der Waals surface area contributed by atoms with Crippen LogP contribution in [-0.2, 0) is 9.59 Å². The summed E-state index contributed by atoms with van der Waals surface area (Å²) in [6.07, 6.45) is 0. The monoisotopic (exact) mass is 212 g/mol. The van der Waals surface area contributed by atoms with Crippen LogP contribution in [-0.4, -0.2) is 11.6 Å². The maximum Gasteiger partial charge on any atom is 0.140 e. The minimum absolute atomic E-state index is 0.450. The third-order valence-corrected chi connectivity index (χ3v) is 8.19. The first-order valence-corrected chi connectivity index (χ1v) is 6.90. The van der Waals surface area contributed by atoms with E-state index in [1.807, 2.05) is 0 Å². The van der Waals surface area contributed by atoms with Crippen LogP contribution in [0.4, 0.5) is 0 Å². The van der Waals surface area contributed by atoms with E-state index < -0.39 is 0 Å². The molecule has 0 spiro atoms. The van der Waals surface area contributed by atoms with Gasteiger partial charge in [0.15, 0.2) is 0 Å². The molecule has 8 fully saturated rings. The Morgan fingerprint density at radius 2 is 0.625 bits per heavy atom. The number of carbonyl (C=O) groups is 2. The van der Waals surface area contributed by atoms with Gasteiger partial charge in [0.2, 0.25) is 0 Å². The third kappa shape index (κ3) is 0.323. The molecule has 8 aliphatic rings. The van der Waals surface area contributed by atoms with Crippen molar-refractivity contribution in [3.8, 4) is 0 Å². The SMILES string of the molecule is O=C1C2C3C4C1C1C2C2C5C(=O)C(C32)C4C51. The molecule has 8 saturated carbocycles. The van der Waals surface area contributed by atoms with E-state index in [1.165, 1.54) is 0 Å². The molecule has 8 rings (SSSR count). The number of Topliss-reactive ketones (excluding diaryl/α,β-unsaturated/α-hetero) is 2. The van der Waals surface area contributed by atoms with Crippen LogP contribution in [0.1, 0.15) is 0 Å². The fourth-order valence-corrected chi connectivity index (χ4v) is 8.87. The molecule has 0 amide bonds. The molecule has 0 saturated heterocycles. The smallest absolute Gasteiger partial charge is 0.140 e. The van der Waals surface area contributed by atoms with Crippen LogP contribution in [0.15, 0.2) is 0 Å². The maximum atomic E-state index is 12.3. The highest BCUT2D eigenvalue weighted by atomic mass is 16.1. The third-order valence-electron chi connectivity index (χ3n) is 8.19. The number of ketones is 2. The Hall–Kier alpha value is -0.660. The number of hydrogen-bond acceptors (Lipinski definition) is 2. The van der Waals surface area contributed by atoms with Crippen molar-refractivity contribution in [2.75, 3.05) is 0 Å². The van der Waals surface area contributed by atoms with Crippen LogP contribution in [0.2, 0.25) is 0 Å². The van der Waals surface area contributed by atoms with Crippen molar-refractivity contribution in [3.63, 3.8) is 0 Å². The molecule has 0 heterocycles. The Morgan fingerprint density at radius 3 is 0.812 bits per heavy atom. The fraction of sp³-hybridized carbons (Fsp3) is 0.857. The van der Waals surface area contributed by atoms with Gasteiger partial charge in [-0.2, -0.15) is 0 Å². The first-order chi connectivity index (χ1) is 7.82.